The highest BCUT2D eigenvalue weighted by atomic mass is 16.5. The molecule has 3 aliphatic heterocycles. The predicted octanol–water partition coefficient (Wildman–Crippen LogP) is 0.658. The average molecular weight is 330 g/mol. The first kappa shape index (κ1) is 15.8. The molecule has 2 saturated heterocycles. The van der Waals surface area contributed by atoms with Gasteiger partial charge >= 0.3 is 0 Å². The molecule has 4 rings (SSSR count). The lowest BCUT2D eigenvalue weighted by molar-refractivity contribution is -0.153. The summed E-state index contributed by atoms with van der Waals surface area (Å²) >= 11 is 0. The number of carbonyl (C=O) groups is 1. The van der Waals surface area contributed by atoms with Gasteiger partial charge in [-0.3, -0.25) is 4.79 Å². The van der Waals surface area contributed by atoms with E-state index in [4.69, 9.17) is 4.74 Å². The van der Waals surface area contributed by atoms with Crippen LogP contribution in [0, 0.1) is 11.3 Å². The zero-order chi connectivity index (χ0) is 16.7. The van der Waals surface area contributed by atoms with Crippen LogP contribution < -0.4 is 10.2 Å². The van der Waals surface area contributed by atoms with E-state index in [0.717, 1.165) is 44.9 Å². The van der Waals surface area contributed by atoms with Crippen molar-refractivity contribution in [3.05, 3.63) is 23.4 Å². The summed E-state index contributed by atoms with van der Waals surface area (Å²) in [5.41, 5.74) is 2.14. The van der Waals surface area contributed by atoms with E-state index in [2.05, 4.69) is 16.4 Å². The number of anilines is 1. The van der Waals surface area contributed by atoms with Crippen molar-refractivity contribution in [3.8, 4) is 0 Å². The zero-order valence-corrected chi connectivity index (χ0v) is 14.5. The number of fused-ring (bicyclic) bond motifs is 2. The van der Waals surface area contributed by atoms with Crippen molar-refractivity contribution in [1.29, 1.82) is 0 Å². The van der Waals surface area contributed by atoms with Gasteiger partial charge in [0.05, 0.1) is 12.0 Å². The van der Waals surface area contributed by atoms with Gasteiger partial charge in [-0.25, -0.2) is 4.98 Å². The summed E-state index contributed by atoms with van der Waals surface area (Å²) in [6.07, 6.45) is 3.75. The summed E-state index contributed by atoms with van der Waals surface area (Å²) in [6.45, 7) is 4.46. The second-order valence-corrected chi connectivity index (χ2v) is 7.47. The van der Waals surface area contributed by atoms with E-state index in [1.54, 1.807) is 0 Å². The topological polar surface area (TPSA) is 57.7 Å². The first-order valence-corrected chi connectivity index (χ1v) is 8.84. The molecule has 0 spiro atoms. The highest BCUT2D eigenvalue weighted by Gasteiger charge is 2.52. The van der Waals surface area contributed by atoms with Crippen LogP contribution in [0.15, 0.2) is 12.3 Å². The molecule has 24 heavy (non-hydrogen) atoms. The molecule has 0 saturated carbocycles. The first-order valence-electron chi connectivity index (χ1n) is 8.84. The number of hydrogen-bond donors (Lipinski definition) is 1. The van der Waals surface area contributed by atoms with E-state index in [9.17, 15) is 4.79 Å². The van der Waals surface area contributed by atoms with Gasteiger partial charge in [0.15, 0.2) is 0 Å². The van der Waals surface area contributed by atoms with E-state index in [-0.39, 0.29) is 11.3 Å². The van der Waals surface area contributed by atoms with Crippen molar-refractivity contribution < 1.29 is 9.53 Å². The third-order valence-electron chi connectivity index (χ3n) is 5.85. The first-order chi connectivity index (χ1) is 11.6. The second-order valence-electron chi connectivity index (χ2n) is 7.47. The van der Waals surface area contributed by atoms with E-state index in [0.29, 0.717) is 19.1 Å². The lowest BCUT2D eigenvalue weighted by atomic mass is 9.74. The molecule has 1 N–H and O–H groups in total. The van der Waals surface area contributed by atoms with Gasteiger partial charge in [0.2, 0.25) is 5.91 Å². The van der Waals surface area contributed by atoms with Gasteiger partial charge in [-0.2, -0.15) is 0 Å². The molecule has 130 valence electrons. The summed E-state index contributed by atoms with van der Waals surface area (Å²) in [4.78, 5) is 22.0. The zero-order valence-electron chi connectivity index (χ0n) is 14.5. The largest absolute Gasteiger partial charge is 0.380 e. The normalized spacial score (nSPS) is 29.1. The molecule has 2 atom stereocenters. The molecular weight excluding hydrogens is 304 g/mol. The van der Waals surface area contributed by atoms with Gasteiger partial charge in [-0.1, -0.05) is 0 Å². The molecule has 0 aromatic carbocycles. The molecule has 6 heteroatoms. The summed E-state index contributed by atoms with van der Waals surface area (Å²) < 4.78 is 5.72. The SMILES string of the molecule is CN(C)c1nccc2c1CN(C(=O)[C@]13CNC[C@H]1CCOC3)CC2. The summed E-state index contributed by atoms with van der Waals surface area (Å²) in [7, 11) is 4.02. The van der Waals surface area contributed by atoms with Gasteiger partial charge in [0.1, 0.15) is 5.82 Å². The molecule has 0 aliphatic carbocycles. The Morgan fingerprint density at radius 3 is 3.21 bits per heavy atom. The third kappa shape index (κ3) is 2.40. The quantitative estimate of drug-likeness (QED) is 0.863. The summed E-state index contributed by atoms with van der Waals surface area (Å²) in [5.74, 6) is 1.64. The van der Waals surface area contributed by atoms with Crippen LogP contribution in [0.2, 0.25) is 0 Å². The van der Waals surface area contributed by atoms with Crippen LogP contribution in [-0.2, 0) is 22.5 Å². The van der Waals surface area contributed by atoms with Crippen LogP contribution in [0.25, 0.3) is 0 Å². The van der Waals surface area contributed by atoms with Crippen LogP contribution in [0.5, 0.6) is 0 Å². The predicted molar refractivity (Wildman–Crippen MR) is 91.9 cm³/mol. The molecule has 0 bridgehead atoms. The maximum Gasteiger partial charge on any atom is 0.233 e. The smallest absolute Gasteiger partial charge is 0.233 e. The Bertz CT molecular complexity index is 648. The van der Waals surface area contributed by atoms with Crippen molar-refractivity contribution in [2.45, 2.75) is 19.4 Å². The number of hydrogen-bond acceptors (Lipinski definition) is 5. The number of amides is 1. The van der Waals surface area contributed by atoms with E-state index < -0.39 is 0 Å². The molecule has 0 unspecified atom stereocenters. The van der Waals surface area contributed by atoms with Crippen LogP contribution >= 0.6 is 0 Å². The number of pyridine rings is 1. The molecule has 4 heterocycles. The minimum Gasteiger partial charge on any atom is -0.380 e. The Balaban J connectivity index is 1.61. The van der Waals surface area contributed by atoms with Crippen molar-refractivity contribution in [2.24, 2.45) is 11.3 Å². The van der Waals surface area contributed by atoms with Crippen molar-refractivity contribution in [2.75, 3.05) is 51.8 Å². The lowest BCUT2D eigenvalue weighted by Crippen LogP contribution is -2.54. The third-order valence-corrected chi connectivity index (χ3v) is 5.85. The van der Waals surface area contributed by atoms with Gasteiger partial charge in [0.25, 0.3) is 0 Å². The molecule has 3 aliphatic rings. The standard InChI is InChI=1S/C18H26N4O2/c1-21(2)16-15-10-22(7-4-13(15)3-6-20-16)17(23)18-11-19-9-14(18)5-8-24-12-18/h3,6,14,19H,4-5,7-12H2,1-2H3/t14-,18+/m1/s1. The van der Waals surface area contributed by atoms with Gasteiger partial charge in [-0.05, 0) is 36.9 Å². The number of ether oxygens (including phenoxy) is 1. The number of nitrogens with zero attached hydrogens (tertiary/aromatic N) is 3. The van der Waals surface area contributed by atoms with Crippen LogP contribution in [0.1, 0.15) is 17.5 Å². The second kappa shape index (κ2) is 6.01. The molecule has 1 amide bonds. The highest BCUT2D eigenvalue weighted by molar-refractivity contribution is 5.84. The molecule has 1 aromatic heterocycles. The van der Waals surface area contributed by atoms with Gasteiger partial charge in [-0.15, -0.1) is 0 Å². The fourth-order valence-electron chi connectivity index (χ4n) is 4.47. The Kier molecular flexibility index (Phi) is 3.96. The highest BCUT2D eigenvalue weighted by Crippen LogP contribution is 2.40. The van der Waals surface area contributed by atoms with Crippen molar-refractivity contribution >= 4 is 11.7 Å². The fourth-order valence-corrected chi connectivity index (χ4v) is 4.47. The maximum atomic E-state index is 13.4. The Morgan fingerprint density at radius 2 is 2.38 bits per heavy atom. The number of aromatic nitrogens is 1. The minimum atomic E-state index is -0.365. The van der Waals surface area contributed by atoms with Crippen molar-refractivity contribution in [3.63, 3.8) is 0 Å². The van der Waals surface area contributed by atoms with Gasteiger partial charge < -0.3 is 19.9 Å². The van der Waals surface area contributed by atoms with Crippen LogP contribution in [-0.4, -0.2) is 62.7 Å². The van der Waals surface area contributed by atoms with Crippen LogP contribution in [0.4, 0.5) is 5.82 Å². The average Bonchev–Trinajstić information content (AvgIpc) is 3.05. The molecule has 0 radical (unpaired) electrons. The van der Waals surface area contributed by atoms with E-state index in [1.165, 1.54) is 11.1 Å². The van der Waals surface area contributed by atoms with Crippen molar-refractivity contribution in [1.82, 2.24) is 15.2 Å². The molecule has 6 nitrogen and oxygen atoms in total. The minimum absolute atomic E-state index is 0.261. The maximum absolute atomic E-state index is 13.4. The Labute approximate surface area is 143 Å². The summed E-state index contributed by atoms with van der Waals surface area (Å²) in [6, 6.07) is 2.09. The molecule has 1 aromatic rings. The number of rotatable bonds is 2. The van der Waals surface area contributed by atoms with Crippen LogP contribution in [0.3, 0.4) is 0 Å². The number of carbonyl (C=O) groups excluding carboxylic acids is 1. The van der Waals surface area contributed by atoms with E-state index >= 15 is 0 Å². The Hall–Kier alpha value is -1.66. The molecule has 2 fully saturated rings. The van der Waals surface area contributed by atoms with E-state index in [1.807, 2.05) is 30.1 Å². The summed E-state index contributed by atoms with van der Waals surface area (Å²) in [5, 5.41) is 3.43. The monoisotopic (exact) mass is 330 g/mol. The number of nitrogens with one attached hydrogen (secondary N) is 1. The van der Waals surface area contributed by atoms with Gasteiger partial charge in [0, 0.05) is 52.1 Å². The Morgan fingerprint density at radius 1 is 1.50 bits per heavy atom. The molecular formula is C18H26N4O2. The lowest BCUT2D eigenvalue weighted by Gasteiger charge is -2.42. The fraction of sp³-hybridized carbons (Fsp3) is 0.667.